The highest BCUT2D eigenvalue weighted by atomic mass is 35.5. The second-order valence-electron chi connectivity index (χ2n) is 5.43. The third kappa shape index (κ3) is 5.31. The quantitative estimate of drug-likeness (QED) is 0.575. The number of nitriles is 1. The molecule has 1 N–H and O–H groups in total. The minimum absolute atomic E-state index is 0.0406. The number of rotatable bonds is 7. The van der Waals surface area contributed by atoms with Crippen LogP contribution in [-0.4, -0.2) is 38.9 Å². The first-order chi connectivity index (χ1) is 12.4. The van der Waals surface area contributed by atoms with Gasteiger partial charge in [-0.15, -0.1) is 0 Å². The van der Waals surface area contributed by atoms with Gasteiger partial charge in [0.2, 0.25) is 0 Å². The van der Waals surface area contributed by atoms with Gasteiger partial charge in [0.1, 0.15) is 11.6 Å². The Morgan fingerprint density at radius 3 is 2.92 bits per heavy atom. The lowest BCUT2D eigenvalue weighted by molar-refractivity contribution is -0.117. The first-order valence-electron chi connectivity index (χ1n) is 7.78. The smallest absolute Gasteiger partial charge is 0.387 e. The Morgan fingerprint density at radius 2 is 2.35 bits per heavy atom. The van der Waals surface area contributed by atoms with E-state index in [0.717, 1.165) is 12.8 Å². The van der Waals surface area contributed by atoms with Crippen LogP contribution in [0.15, 0.2) is 17.7 Å². The summed E-state index contributed by atoms with van der Waals surface area (Å²) in [5, 5.41) is 11.7. The Kier molecular flexibility index (Phi) is 7.18. The average Bonchev–Trinajstić information content (AvgIpc) is 3.12. The molecule has 6 nitrogen and oxygen atoms in total. The van der Waals surface area contributed by atoms with Crippen LogP contribution in [0.3, 0.4) is 0 Å². The van der Waals surface area contributed by atoms with Crippen LogP contribution in [0.1, 0.15) is 18.4 Å². The monoisotopic (exact) mass is 386 g/mol. The zero-order valence-corrected chi connectivity index (χ0v) is 14.7. The average molecular weight is 387 g/mol. The highest BCUT2D eigenvalue weighted by Crippen LogP contribution is 2.38. The fraction of sp³-hybridized carbons (Fsp3) is 0.412. The zero-order valence-electron chi connectivity index (χ0n) is 13.9. The van der Waals surface area contributed by atoms with Crippen LogP contribution in [0.2, 0.25) is 5.02 Å². The number of nitrogens with zero attached hydrogens (tertiary/aromatic N) is 1. The van der Waals surface area contributed by atoms with E-state index in [1.807, 2.05) is 0 Å². The molecule has 0 aromatic heterocycles. The lowest BCUT2D eigenvalue weighted by Crippen LogP contribution is -2.32. The van der Waals surface area contributed by atoms with Gasteiger partial charge < -0.3 is 19.5 Å². The summed E-state index contributed by atoms with van der Waals surface area (Å²) in [7, 11) is 1.26. The van der Waals surface area contributed by atoms with Gasteiger partial charge >= 0.3 is 6.61 Å². The predicted octanol–water partition coefficient (Wildman–Crippen LogP) is 3.15. The van der Waals surface area contributed by atoms with Gasteiger partial charge in [0.15, 0.2) is 11.5 Å². The van der Waals surface area contributed by atoms with Crippen molar-refractivity contribution in [2.24, 2.45) is 0 Å². The number of carbonyl (C=O) groups excluding carboxylic acids is 1. The summed E-state index contributed by atoms with van der Waals surface area (Å²) in [6, 6.07) is 4.44. The van der Waals surface area contributed by atoms with Crippen molar-refractivity contribution < 1.29 is 27.8 Å². The Balaban J connectivity index is 2.17. The predicted molar refractivity (Wildman–Crippen MR) is 90.2 cm³/mol. The van der Waals surface area contributed by atoms with E-state index in [9.17, 15) is 18.8 Å². The number of halogens is 3. The van der Waals surface area contributed by atoms with Crippen LogP contribution in [-0.2, 0) is 9.53 Å². The van der Waals surface area contributed by atoms with Gasteiger partial charge in [-0.1, -0.05) is 11.6 Å². The minimum atomic E-state index is -3.07. The number of nitrogens with one attached hydrogen (secondary N) is 1. The molecular weight excluding hydrogens is 370 g/mol. The molecule has 26 heavy (non-hydrogen) atoms. The molecule has 1 aromatic carbocycles. The van der Waals surface area contributed by atoms with Crippen molar-refractivity contribution in [2.75, 3.05) is 20.3 Å². The van der Waals surface area contributed by atoms with Crippen molar-refractivity contribution in [2.45, 2.75) is 25.6 Å². The molecule has 1 saturated heterocycles. The molecule has 0 saturated carbocycles. The van der Waals surface area contributed by atoms with E-state index in [4.69, 9.17) is 21.1 Å². The van der Waals surface area contributed by atoms with Crippen LogP contribution in [0.5, 0.6) is 11.5 Å². The van der Waals surface area contributed by atoms with Gasteiger partial charge in [-0.05, 0) is 36.6 Å². The van der Waals surface area contributed by atoms with Gasteiger partial charge in [0, 0.05) is 13.2 Å². The first-order valence-corrected chi connectivity index (χ1v) is 8.16. The summed E-state index contributed by atoms with van der Waals surface area (Å²) in [5.41, 5.74) is 0.168. The molecule has 1 atom stereocenters. The molecule has 1 aromatic rings. The molecule has 1 aliphatic heterocycles. The van der Waals surface area contributed by atoms with Crippen molar-refractivity contribution in [1.82, 2.24) is 5.32 Å². The molecule has 0 bridgehead atoms. The Hall–Kier alpha value is -2.37. The number of methoxy groups -OCH3 is 1. The number of benzene rings is 1. The van der Waals surface area contributed by atoms with Crippen molar-refractivity contribution in [3.05, 3.63) is 28.3 Å². The highest BCUT2D eigenvalue weighted by Gasteiger charge is 2.19. The van der Waals surface area contributed by atoms with Gasteiger partial charge in [0.05, 0.1) is 18.2 Å². The number of amides is 1. The highest BCUT2D eigenvalue weighted by molar-refractivity contribution is 6.32. The maximum absolute atomic E-state index is 12.4. The summed E-state index contributed by atoms with van der Waals surface area (Å²) in [6.07, 6.45) is 3.02. The summed E-state index contributed by atoms with van der Waals surface area (Å²) in [6.45, 7) is -2.10. The normalized spacial score (nSPS) is 17.1. The van der Waals surface area contributed by atoms with Gasteiger partial charge in [-0.3, -0.25) is 4.79 Å². The van der Waals surface area contributed by atoms with Crippen molar-refractivity contribution >= 4 is 23.6 Å². The second kappa shape index (κ2) is 9.36. The number of carbonyl (C=O) groups is 1. The Labute approximate surface area is 154 Å². The molecule has 2 rings (SSSR count). The van der Waals surface area contributed by atoms with E-state index < -0.39 is 12.5 Å². The Morgan fingerprint density at radius 1 is 1.58 bits per heavy atom. The van der Waals surface area contributed by atoms with Gasteiger partial charge in [-0.2, -0.15) is 14.0 Å². The van der Waals surface area contributed by atoms with E-state index >= 15 is 0 Å². The van der Waals surface area contributed by atoms with E-state index in [-0.39, 0.29) is 28.2 Å². The fourth-order valence-corrected chi connectivity index (χ4v) is 2.71. The molecule has 1 fully saturated rings. The lowest BCUT2D eigenvalue weighted by atomic mass is 10.1. The molecular formula is C17H17ClF2N2O4. The summed E-state index contributed by atoms with van der Waals surface area (Å²) >= 11 is 5.94. The third-order valence-electron chi connectivity index (χ3n) is 3.65. The second-order valence-corrected chi connectivity index (χ2v) is 5.83. The van der Waals surface area contributed by atoms with Crippen LogP contribution < -0.4 is 14.8 Å². The number of hydrogen-bond acceptors (Lipinski definition) is 5. The fourth-order valence-electron chi connectivity index (χ4n) is 2.45. The molecule has 1 amide bonds. The van der Waals surface area contributed by atoms with Gasteiger partial charge in [-0.25, -0.2) is 0 Å². The molecule has 0 unspecified atom stereocenters. The number of alkyl halides is 2. The van der Waals surface area contributed by atoms with E-state index in [1.54, 1.807) is 6.07 Å². The van der Waals surface area contributed by atoms with Gasteiger partial charge in [0.25, 0.3) is 5.91 Å². The van der Waals surface area contributed by atoms with Crippen LogP contribution in [0, 0.1) is 11.3 Å². The standard InChI is InChI=1S/C17H17ClF2N2O4/c1-24-14-7-10(6-13(18)15(14)26-17(19)20)5-11(8-21)16(23)22-9-12-3-2-4-25-12/h5-7,12,17H,2-4,9H2,1H3,(H,22,23)/b11-5+/t12-/m1/s1. The molecule has 9 heteroatoms. The van der Waals surface area contributed by atoms with Crippen LogP contribution >= 0.6 is 11.6 Å². The number of ether oxygens (including phenoxy) is 3. The summed E-state index contributed by atoms with van der Waals surface area (Å²) < 4.78 is 39.6. The first kappa shape index (κ1) is 19.9. The van der Waals surface area contributed by atoms with E-state index in [1.165, 1.54) is 25.3 Å². The van der Waals surface area contributed by atoms with Crippen molar-refractivity contribution in [1.29, 1.82) is 5.26 Å². The maximum Gasteiger partial charge on any atom is 0.387 e. The minimum Gasteiger partial charge on any atom is -0.493 e. The maximum atomic E-state index is 12.4. The Bertz CT molecular complexity index is 728. The summed E-state index contributed by atoms with van der Waals surface area (Å²) in [5.74, 6) is -0.922. The third-order valence-corrected chi connectivity index (χ3v) is 3.93. The van der Waals surface area contributed by atoms with Crippen LogP contribution in [0.4, 0.5) is 8.78 Å². The SMILES string of the molecule is COc1cc(/C=C(\C#N)C(=O)NC[C@H]2CCCO2)cc(Cl)c1OC(F)F. The molecule has 0 aliphatic carbocycles. The number of hydrogen-bond donors (Lipinski definition) is 1. The van der Waals surface area contributed by atoms with E-state index in [0.29, 0.717) is 18.7 Å². The van der Waals surface area contributed by atoms with Crippen molar-refractivity contribution in [3.8, 4) is 17.6 Å². The summed E-state index contributed by atoms with van der Waals surface area (Å²) in [4.78, 5) is 12.1. The molecule has 140 valence electrons. The molecule has 1 aliphatic rings. The molecule has 1 heterocycles. The topological polar surface area (TPSA) is 80.6 Å². The molecule has 0 spiro atoms. The lowest BCUT2D eigenvalue weighted by Gasteiger charge is -2.13. The largest absolute Gasteiger partial charge is 0.493 e. The van der Waals surface area contributed by atoms with Crippen LogP contribution in [0.25, 0.3) is 6.08 Å². The van der Waals surface area contributed by atoms with Crippen molar-refractivity contribution in [3.63, 3.8) is 0 Å². The molecule has 0 radical (unpaired) electrons. The van der Waals surface area contributed by atoms with E-state index in [2.05, 4.69) is 10.1 Å². The zero-order chi connectivity index (χ0) is 19.1.